The molecule has 0 fully saturated rings. The van der Waals surface area contributed by atoms with Crippen molar-refractivity contribution in [1.29, 1.82) is 0 Å². The van der Waals surface area contributed by atoms with Crippen LogP contribution in [0.15, 0.2) is 59.5 Å². The number of benzene rings is 2. The Labute approximate surface area is 144 Å². The topological polar surface area (TPSA) is 37.8 Å². The molecule has 0 bridgehead atoms. The predicted octanol–water partition coefficient (Wildman–Crippen LogP) is 5.45. The summed E-state index contributed by atoms with van der Waals surface area (Å²) < 4.78 is 3.38. The first-order valence-corrected chi connectivity index (χ1v) is 8.91. The number of para-hydroxylation sites is 1. The van der Waals surface area contributed by atoms with Gasteiger partial charge in [0.2, 0.25) is 0 Å². The average molecular weight is 329 g/mol. The zero-order chi connectivity index (χ0) is 16.1. The number of nitrogens with one attached hydrogen (secondary N) is 1. The Bertz CT molecular complexity index is 1100. The molecular weight excluding hydrogens is 314 g/mol. The van der Waals surface area contributed by atoms with E-state index in [1.54, 1.807) is 11.9 Å². The molecule has 0 saturated carbocycles. The lowest BCUT2D eigenvalue weighted by molar-refractivity contribution is 1.16. The van der Waals surface area contributed by atoms with Crippen molar-refractivity contribution >= 4 is 39.6 Å². The number of aromatic nitrogens is 2. The van der Waals surface area contributed by atoms with Crippen molar-refractivity contribution in [1.82, 2.24) is 9.97 Å². The standard InChI is InChI=1S/C20H15N3S/c1-2-12-7-5-9-17-14(12)11-15-19-18(24-23-20(15)22-17)10-13-6-3-4-8-16(13)21-19/h3-11H,2H2,1H3,(H,22,23). The van der Waals surface area contributed by atoms with Gasteiger partial charge in [-0.05, 0) is 48.2 Å². The summed E-state index contributed by atoms with van der Waals surface area (Å²) in [5.41, 5.74) is 5.48. The number of hydrogen-bond acceptors (Lipinski definition) is 4. The second-order valence-corrected chi connectivity index (χ2v) is 6.80. The van der Waals surface area contributed by atoms with Crippen molar-refractivity contribution in [2.75, 3.05) is 4.72 Å². The molecule has 3 heterocycles. The lowest BCUT2D eigenvalue weighted by atomic mass is 10.0. The number of nitrogens with zero attached hydrogens (tertiary/aromatic N) is 2. The normalized spacial score (nSPS) is 12.7. The van der Waals surface area contributed by atoms with Crippen LogP contribution in [0.5, 0.6) is 0 Å². The lowest BCUT2D eigenvalue weighted by Crippen LogP contribution is -2.04. The van der Waals surface area contributed by atoms with Gasteiger partial charge in [0.15, 0.2) is 0 Å². The fourth-order valence-corrected chi connectivity index (χ4v) is 4.09. The summed E-state index contributed by atoms with van der Waals surface area (Å²) in [6.45, 7) is 2.18. The van der Waals surface area contributed by atoms with E-state index in [1.165, 1.54) is 10.9 Å². The summed E-state index contributed by atoms with van der Waals surface area (Å²) in [5.74, 6) is 0.899. The van der Waals surface area contributed by atoms with Gasteiger partial charge in [0.1, 0.15) is 5.82 Å². The van der Waals surface area contributed by atoms with Gasteiger partial charge in [-0.15, -0.1) is 0 Å². The van der Waals surface area contributed by atoms with E-state index < -0.39 is 0 Å². The highest BCUT2D eigenvalue weighted by atomic mass is 32.2. The molecule has 0 aliphatic carbocycles. The summed E-state index contributed by atoms with van der Waals surface area (Å²) in [6, 6.07) is 19.0. The Morgan fingerprint density at radius 2 is 1.83 bits per heavy atom. The van der Waals surface area contributed by atoms with Gasteiger partial charge in [0.25, 0.3) is 0 Å². The van der Waals surface area contributed by atoms with Crippen molar-refractivity contribution in [3.63, 3.8) is 0 Å². The van der Waals surface area contributed by atoms with Crippen LogP contribution < -0.4 is 4.72 Å². The molecule has 116 valence electrons. The number of pyridine rings is 2. The maximum Gasteiger partial charge on any atom is 0.146 e. The molecule has 4 aromatic rings. The fraction of sp³-hybridized carbons (Fsp3) is 0.100. The molecule has 1 aliphatic heterocycles. The Balaban J connectivity index is 1.83. The molecule has 0 atom stereocenters. The molecule has 5 rings (SSSR count). The number of fused-ring (bicyclic) bond motifs is 5. The van der Waals surface area contributed by atoms with E-state index >= 15 is 0 Å². The molecule has 1 N–H and O–H groups in total. The van der Waals surface area contributed by atoms with Crippen LogP contribution in [0.2, 0.25) is 0 Å². The predicted molar refractivity (Wildman–Crippen MR) is 101 cm³/mol. The molecule has 0 amide bonds. The number of hydrogen-bond donors (Lipinski definition) is 1. The van der Waals surface area contributed by atoms with E-state index in [2.05, 4.69) is 54.1 Å². The molecule has 1 aliphatic rings. The monoisotopic (exact) mass is 329 g/mol. The molecule has 24 heavy (non-hydrogen) atoms. The molecule has 3 nitrogen and oxygen atoms in total. The van der Waals surface area contributed by atoms with Crippen molar-refractivity contribution < 1.29 is 0 Å². The highest BCUT2D eigenvalue weighted by molar-refractivity contribution is 8.00. The maximum atomic E-state index is 4.92. The van der Waals surface area contributed by atoms with Crippen molar-refractivity contribution in [3.05, 3.63) is 60.2 Å². The van der Waals surface area contributed by atoms with Crippen LogP contribution in [0.3, 0.4) is 0 Å². The highest BCUT2D eigenvalue weighted by Gasteiger charge is 2.21. The second kappa shape index (κ2) is 5.21. The number of aryl methyl sites for hydroxylation is 1. The Hall–Kier alpha value is -2.59. The minimum Gasteiger partial charge on any atom is -0.310 e. The summed E-state index contributed by atoms with van der Waals surface area (Å²) in [5, 5.41) is 2.38. The number of rotatable bonds is 1. The molecule has 0 saturated heterocycles. The lowest BCUT2D eigenvalue weighted by Gasteiger charge is -2.20. The average Bonchev–Trinajstić information content (AvgIpc) is 2.64. The van der Waals surface area contributed by atoms with Crippen molar-refractivity contribution in [2.24, 2.45) is 0 Å². The van der Waals surface area contributed by atoms with Crippen molar-refractivity contribution in [3.8, 4) is 11.3 Å². The van der Waals surface area contributed by atoms with Crippen LogP contribution in [0.25, 0.3) is 33.1 Å². The minimum absolute atomic E-state index is 0.899. The Morgan fingerprint density at radius 1 is 0.958 bits per heavy atom. The van der Waals surface area contributed by atoms with Gasteiger partial charge in [-0.1, -0.05) is 37.3 Å². The van der Waals surface area contributed by atoms with Gasteiger partial charge < -0.3 is 4.72 Å². The quantitative estimate of drug-likeness (QED) is 0.472. The van der Waals surface area contributed by atoms with Crippen LogP contribution in [0, 0.1) is 0 Å². The van der Waals surface area contributed by atoms with E-state index in [0.29, 0.717) is 0 Å². The van der Waals surface area contributed by atoms with Gasteiger partial charge in [0.05, 0.1) is 21.6 Å². The smallest absolute Gasteiger partial charge is 0.146 e. The second-order valence-electron chi connectivity index (χ2n) is 5.95. The van der Waals surface area contributed by atoms with Gasteiger partial charge >= 0.3 is 0 Å². The third-order valence-corrected chi connectivity index (χ3v) is 5.36. The van der Waals surface area contributed by atoms with Gasteiger partial charge in [-0.2, -0.15) is 0 Å². The van der Waals surface area contributed by atoms with E-state index in [1.807, 2.05) is 12.1 Å². The summed E-state index contributed by atoms with van der Waals surface area (Å²) in [6.07, 6.45) is 0.998. The van der Waals surface area contributed by atoms with Crippen LogP contribution in [-0.2, 0) is 6.42 Å². The van der Waals surface area contributed by atoms with Crippen LogP contribution in [0.4, 0.5) is 5.82 Å². The molecular formula is C20H15N3S. The summed E-state index contributed by atoms with van der Waals surface area (Å²) >= 11 is 1.59. The first kappa shape index (κ1) is 13.8. The number of anilines is 1. The Kier molecular flexibility index (Phi) is 3.00. The van der Waals surface area contributed by atoms with Crippen LogP contribution in [0.1, 0.15) is 12.5 Å². The van der Waals surface area contributed by atoms with Gasteiger partial charge in [-0.3, -0.25) is 0 Å². The van der Waals surface area contributed by atoms with E-state index in [0.717, 1.165) is 44.8 Å². The van der Waals surface area contributed by atoms with E-state index in [-0.39, 0.29) is 0 Å². The van der Waals surface area contributed by atoms with Crippen LogP contribution >= 0.6 is 11.9 Å². The summed E-state index contributed by atoms with van der Waals surface area (Å²) in [7, 11) is 0. The zero-order valence-electron chi connectivity index (χ0n) is 13.2. The molecule has 4 heteroatoms. The maximum absolute atomic E-state index is 4.92. The first-order valence-electron chi connectivity index (χ1n) is 8.09. The van der Waals surface area contributed by atoms with Crippen molar-refractivity contribution in [2.45, 2.75) is 18.2 Å². The van der Waals surface area contributed by atoms with Crippen LogP contribution in [-0.4, -0.2) is 9.97 Å². The van der Waals surface area contributed by atoms with E-state index in [9.17, 15) is 0 Å². The SMILES string of the molecule is CCc1cccc2nc3c(cc12)-c1nc2ccccc2cc1SN3. The fourth-order valence-electron chi connectivity index (χ4n) is 3.29. The van der Waals surface area contributed by atoms with E-state index in [4.69, 9.17) is 9.97 Å². The highest BCUT2D eigenvalue weighted by Crippen LogP contribution is 2.42. The summed E-state index contributed by atoms with van der Waals surface area (Å²) in [4.78, 5) is 10.9. The third kappa shape index (κ3) is 2.00. The molecule has 0 radical (unpaired) electrons. The van der Waals surface area contributed by atoms with Gasteiger partial charge in [-0.25, -0.2) is 9.97 Å². The van der Waals surface area contributed by atoms with Gasteiger partial charge in [0, 0.05) is 16.3 Å². The Morgan fingerprint density at radius 3 is 2.75 bits per heavy atom. The zero-order valence-corrected chi connectivity index (χ0v) is 14.0. The molecule has 2 aromatic heterocycles. The molecule has 2 aromatic carbocycles. The molecule has 0 spiro atoms. The molecule has 0 unspecified atom stereocenters. The first-order chi connectivity index (χ1) is 11.8. The largest absolute Gasteiger partial charge is 0.310 e. The third-order valence-electron chi connectivity index (χ3n) is 4.53. The minimum atomic E-state index is 0.899.